The molecule has 0 amide bonds. The number of ether oxygens (including phenoxy) is 1. The zero-order chi connectivity index (χ0) is 16.6. The molecule has 1 aromatic heterocycles. The number of methoxy groups -OCH3 is 1. The van der Waals surface area contributed by atoms with Crippen molar-refractivity contribution < 1.29 is 9.84 Å². The molecule has 1 atom stereocenters. The first kappa shape index (κ1) is 16.3. The van der Waals surface area contributed by atoms with Crippen LogP contribution in [0.1, 0.15) is 37.1 Å². The van der Waals surface area contributed by atoms with E-state index in [9.17, 15) is 5.11 Å². The maximum absolute atomic E-state index is 10.9. The molecule has 1 unspecified atom stereocenters. The second-order valence-electron chi connectivity index (χ2n) is 6.94. The van der Waals surface area contributed by atoms with Crippen molar-refractivity contribution in [2.75, 3.05) is 26.7 Å². The smallest absolute Gasteiger partial charge is 0.119 e. The van der Waals surface area contributed by atoms with Crippen LogP contribution < -0.4 is 4.74 Å². The highest BCUT2D eigenvalue weighted by Gasteiger charge is 2.23. The number of β-amino-alcohol motifs (C(OH)–C–C–N with tert-alkyl or cyclic N) is 1. The van der Waals surface area contributed by atoms with Crippen LogP contribution in [0.2, 0.25) is 0 Å². The Morgan fingerprint density at radius 3 is 2.65 bits per heavy atom. The zero-order valence-electron chi connectivity index (χ0n) is 14.7. The summed E-state index contributed by atoms with van der Waals surface area (Å²) >= 11 is 0. The number of aliphatic hydroxyl groups is 1. The number of fused-ring (bicyclic) bond motifs is 1. The van der Waals surface area contributed by atoms with Crippen LogP contribution in [0.25, 0.3) is 10.9 Å². The molecule has 1 aliphatic rings. The zero-order valence-corrected chi connectivity index (χ0v) is 14.7. The van der Waals surface area contributed by atoms with E-state index in [2.05, 4.69) is 36.4 Å². The van der Waals surface area contributed by atoms with E-state index in [-0.39, 0.29) is 0 Å². The van der Waals surface area contributed by atoms with Gasteiger partial charge in [0.15, 0.2) is 0 Å². The molecule has 1 saturated heterocycles. The molecule has 1 N–H and O–H groups in total. The molecule has 0 saturated carbocycles. The number of piperidine rings is 1. The van der Waals surface area contributed by atoms with Crippen molar-refractivity contribution in [3.8, 4) is 5.75 Å². The Kier molecular flexibility index (Phi) is 4.64. The fraction of sp³-hybridized carbons (Fsp3) is 0.579. The monoisotopic (exact) mass is 316 g/mol. The molecule has 4 nitrogen and oxygen atoms in total. The summed E-state index contributed by atoms with van der Waals surface area (Å²) in [5.41, 5.74) is 3.32. The van der Waals surface area contributed by atoms with Gasteiger partial charge in [0.25, 0.3) is 0 Å². The van der Waals surface area contributed by atoms with Crippen molar-refractivity contribution in [3.63, 3.8) is 0 Å². The SMILES string of the molecule is COc1ccc2c(c1)c(C(O)CN1CCC(C)CC1)c(C)n2C. The van der Waals surface area contributed by atoms with E-state index in [1.165, 1.54) is 12.8 Å². The third-order valence-corrected chi connectivity index (χ3v) is 5.39. The molecule has 0 spiro atoms. The number of benzene rings is 1. The molecular weight excluding hydrogens is 288 g/mol. The van der Waals surface area contributed by atoms with Crippen LogP contribution in [-0.2, 0) is 7.05 Å². The average molecular weight is 316 g/mol. The molecule has 23 heavy (non-hydrogen) atoms. The lowest BCUT2D eigenvalue weighted by atomic mass is 9.98. The van der Waals surface area contributed by atoms with Gasteiger partial charge in [0.05, 0.1) is 13.2 Å². The maximum atomic E-state index is 10.9. The number of rotatable bonds is 4. The van der Waals surface area contributed by atoms with Gasteiger partial charge in [-0.2, -0.15) is 0 Å². The first-order valence-corrected chi connectivity index (χ1v) is 8.54. The summed E-state index contributed by atoms with van der Waals surface area (Å²) in [5.74, 6) is 1.65. The molecule has 2 aromatic rings. The van der Waals surface area contributed by atoms with Gasteiger partial charge in [-0.15, -0.1) is 0 Å². The van der Waals surface area contributed by atoms with Crippen molar-refractivity contribution in [3.05, 3.63) is 29.5 Å². The Bertz CT molecular complexity index is 684. The third kappa shape index (κ3) is 3.10. The van der Waals surface area contributed by atoms with Gasteiger partial charge in [-0.3, -0.25) is 0 Å². The second kappa shape index (κ2) is 6.54. The van der Waals surface area contributed by atoms with E-state index in [4.69, 9.17) is 4.74 Å². The number of aryl methyl sites for hydroxylation is 1. The lowest BCUT2D eigenvalue weighted by molar-refractivity contribution is 0.0920. The van der Waals surface area contributed by atoms with E-state index in [0.29, 0.717) is 6.54 Å². The van der Waals surface area contributed by atoms with E-state index in [0.717, 1.165) is 46.9 Å². The topological polar surface area (TPSA) is 37.6 Å². The summed E-state index contributed by atoms with van der Waals surface area (Å²) in [7, 11) is 3.74. The lowest BCUT2D eigenvalue weighted by Crippen LogP contribution is -2.36. The van der Waals surface area contributed by atoms with Gasteiger partial charge in [-0.05, 0) is 57.0 Å². The van der Waals surface area contributed by atoms with E-state index < -0.39 is 6.10 Å². The molecule has 1 aromatic carbocycles. The molecule has 1 fully saturated rings. The normalized spacial score (nSPS) is 18.5. The first-order valence-electron chi connectivity index (χ1n) is 8.54. The predicted molar refractivity (Wildman–Crippen MR) is 94.0 cm³/mol. The highest BCUT2D eigenvalue weighted by molar-refractivity contribution is 5.87. The summed E-state index contributed by atoms with van der Waals surface area (Å²) in [6.07, 6.45) is 2.00. The Morgan fingerprint density at radius 1 is 1.30 bits per heavy atom. The summed E-state index contributed by atoms with van der Waals surface area (Å²) in [6.45, 7) is 7.29. The van der Waals surface area contributed by atoms with E-state index >= 15 is 0 Å². The molecule has 0 radical (unpaired) electrons. The van der Waals surface area contributed by atoms with Gasteiger partial charge in [0.1, 0.15) is 5.75 Å². The minimum absolute atomic E-state index is 0.459. The number of nitrogens with zero attached hydrogens (tertiary/aromatic N) is 2. The summed E-state index contributed by atoms with van der Waals surface area (Å²) in [5, 5.41) is 12.0. The first-order chi connectivity index (χ1) is 11.0. The van der Waals surface area contributed by atoms with Crippen LogP contribution in [0, 0.1) is 12.8 Å². The summed E-state index contributed by atoms with van der Waals surface area (Å²) < 4.78 is 7.52. The van der Waals surface area contributed by atoms with Gasteiger partial charge in [0, 0.05) is 35.8 Å². The highest BCUT2D eigenvalue weighted by atomic mass is 16.5. The average Bonchev–Trinajstić information content (AvgIpc) is 2.80. The van der Waals surface area contributed by atoms with Gasteiger partial charge in [0.2, 0.25) is 0 Å². The fourth-order valence-corrected chi connectivity index (χ4v) is 3.71. The number of aromatic nitrogens is 1. The molecule has 0 aliphatic carbocycles. The quantitative estimate of drug-likeness (QED) is 0.941. The molecule has 126 valence electrons. The standard InChI is InChI=1S/C19H28N2O2/c1-13-7-9-21(10-8-13)12-18(22)19-14(2)20(3)17-6-5-15(23-4)11-16(17)19/h5-6,11,13,18,22H,7-10,12H2,1-4H3. The molecular formula is C19H28N2O2. The van der Waals surface area contributed by atoms with Crippen LogP contribution in [0.4, 0.5) is 0 Å². The molecule has 1 aliphatic heterocycles. The summed E-state index contributed by atoms with van der Waals surface area (Å²) in [4.78, 5) is 2.39. The lowest BCUT2D eigenvalue weighted by Gasteiger charge is -2.31. The largest absolute Gasteiger partial charge is 0.497 e. The van der Waals surface area contributed by atoms with Crippen LogP contribution in [0.5, 0.6) is 5.75 Å². The molecule has 4 heteroatoms. The number of likely N-dealkylation sites (tertiary alicyclic amines) is 1. The minimum atomic E-state index is -0.459. The van der Waals surface area contributed by atoms with Crippen LogP contribution >= 0.6 is 0 Å². The van der Waals surface area contributed by atoms with Gasteiger partial charge in [-0.25, -0.2) is 0 Å². The summed E-state index contributed by atoms with van der Waals surface area (Å²) in [6, 6.07) is 6.09. The number of hydrogen-bond donors (Lipinski definition) is 1. The molecule has 0 bridgehead atoms. The van der Waals surface area contributed by atoms with Crippen LogP contribution in [-0.4, -0.2) is 41.3 Å². The van der Waals surface area contributed by atoms with Crippen molar-refractivity contribution in [1.29, 1.82) is 0 Å². The van der Waals surface area contributed by atoms with E-state index in [1.54, 1.807) is 7.11 Å². The fourth-order valence-electron chi connectivity index (χ4n) is 3.71. The Labute approximate surface area is 138 Å². The molecule has 3 rings (SSSR count). The second-order valence-corrected chi connectivity index (χ2v) is 6.94. The predicted octanol–water partition coefficient (Wildman–Crippen LogP) is 3.26. The Balaban J connectivity index is 1.90. The van der Waals surface area contributed by atoms with Crippen LogP contribution in [0.3, 0.4) is 0 Å². The van der Waals surface area contributed by atoms with Gasteiger partial charge >= 0.3 is 0 Å². The highest BCUT2D eigenvalue weighted by Crippen LogP contribution is 2.33. The van der Waals surface area contributed by atoms with Gasteiger partial charge < -0.3 is 19.3 Å². The minimum Gasteiger partial charge on any atom is -0.497 e. The Morgan fingerprint density at radius 2 is 2.00 bits per heavy atom. The number of hydrogen-bond acceptors (Lipinski definition) is 3. The Hall–Kier alpha value is -1.52. The molecule has 2 heterocycles. The van der Waals surface area contributed by atoms with Crippen molar-refractivity contribution in [1.82, 2.24) is 9.47 Å². The van der Waals surface area contributed by atoms with Crippen LogP contribution in [0.15, 0.2) is 18.2 Å². The van der Waals surface area contributed by atoms with Crippen molar-refractivity contribution in [2.24, 2.45) is 13.0 Å². The maximum Gasteiger partial charge on any atom is 0.119 e. The van der Waals surface area contributed by atoms with Gasteiger partial charge in [-0.1, -0.05) is 6.92 Å². The van der Waals surface area contributed by atoms with E-state index in [1.807, 2.05) is 12.1 Å². The van der Waals surface area contributed by atoms with Crippen molar-refractivity contribution >= 4 is 10.9 Å². The number of aliphatic hydroxyl groups excluding tert-OH is 1. The third-order valence-electron chi connectivity index (χ3n) is 5.39. The van der Waals surface area contributed by atoms with Crippen molar-refractivity contribution in [2.45, 2.75) is 32.8 Å².